The van der Waals surface area contributed by atoms with Gasteiger partial charge in [-0.1, -0.05) is 72.3 Å². The van der Waals surface area contributed by atoms with E-state index in [1.54, 1.807) is 0 Å². The van der Waals surface area contributed by atoms with Crippen LogP contribution in [-0.2, 0) is 6.54 Å². The summed E-state index contributed by atoms with van der Waals surface area (Å²) in [5.74, 6) is 0. The summed E-state index contributed by atoms with van der Waals surface area (Å²) in [5, 5.41) is 7.61. The van der Waals surface area contributed by atoms with Crippen molar-refractivity contribution in [3.05, 3.63) is 101 Å². The van der Waals surface area contributed by atoms with Crippen molar-refractivity contribution < 1.29 is 0 Å². The Morgan fingerprint density at radius 3 is 2.04 bits per heavy atom. The van der Waals surface area contributed by atoms with Gasteiger partial charge in [0.05, 0.1) is 17.9 Å². The summed E-state index contributed by atoms with van der Waals surface area (Å²) in [6, 6.07) is 28.3. The van der Waals surface area contributed by atoms with E-state index in [9.17, 15) is 0 Å². The Morgan fingerprint density at radius 1 is 0.833 bits per heavy atom. The first kappa shape index (κ1) is 16.3. The topological polar surface area (TPSA) is 15.6 Å². The first-order valence-electron chi connectivity index (χ1n) is 7.90. The predicted octanol–water partition coefficient (Wildman–Crippen LogP) is 5.77. The smallest absolute Gasteiger partial charge is 0.0666 e. The van der Waals surface area contributed by atoms with Crippen LogP contribution >= 0.6 is 11.6 Å². The van der Waals surface area contributed by atoms with E-state index in [4.69, 9.17) is 16.7 Å². The molecule has 0 amide bonds. The molecule has 0 aromatic heterocycles. The molecule has 120 valence electrons. The standard InChI is InChI=1S/C21H19ClN2/c1-17(19-12-14-20(22)15-13-19)23-24(21-10-6-3-7-11-21)16-18-8-4-2-5-9-18/h2-15H,16H2,1H3/b23-17+. The number of anilines is 1. The zero-order valence-corrected chi connectivity index (χ0v) is 14.3. The molecule has 3 rings (SSSR count). The lowest BCUT2D eigenvalue weighted by Gasteiger charge is -2.20. The molecule has 0 heterocycles. The highest BCUT2D eigenvalue weighted by molar-refractivity contribution is 6.30. The van der Waals surface area contributed by atoms with Crippen molar-refractivity contribution in [2.45, 2.75) is 13.5 Å². The largest absolute Gasteiger partial charge is 0.261 e. The summed E-state index contributed by atoms with van der Waals surface area (Å²) in [7, 11) is 0. The molecule has 0 saturated heterocycles. The fourth-order valence-corrected chi connectivity index (χ4v) is 2.60. The van der Waals surface area contributed by atoms with Crippen LogP contribution in [0.15, 0.2) is 90.0 Å². The lowest BCUT2D eigenvalue weighted by atomic mass is 10.1. The summed E-state index contributed by atoms with van der Waals surface area (Å²) in [6.07, 6.45) is 0. The van der Waals surface area contributed by atoms with E-state index in [-0.39, 0.29) is 0 Å². The molecule has 0 bridgehead atoms. The van der Waals surface area contributed by atoms with Crippen molar-refractivity contribution in [2.75, 3.05) is 5.01 Å². The molecular weight excluding hydrogens is 316 g/mol. The normalized spacial score (nSPS) is 11.3. The number of rotatable bonds is 5. The summed E-state index contributed by atoms with van der Waals surface area (Å²) in [4.78, 5) is 0. The van der Waals surface area contributed by atoms with Gasteiger partial charge in [0, 0.05) is 5.02 Å². The SMILES string of the molecule is C/C(=N\N(Cc1ccccc1)c1ccccc1)c1ccc(Cl)cc1. The van der Waals surface area contributed by atoms with Crippen LogP contribution in [0.25, 0.3) is 0 Å². The van der Waals surface area contributed by atoms with E-state index in [1.807, 2.05) is 72.6 Å². The monoisotopic (exact) mass is 334 g/mol. The van der Waals surface area contributed by atoms with Gasteiger partial charge in [-0.2, -0.15) is 5.10 Å². The van der Waals surface area contributed by atoms with Gasteiger partial charge in [-0.3, -0.25) is 5.01 Å². The minimum Gasteiger partial charge on any atom is -0.261 e. The molecule has 0 aliphatic rings. The first-order valence-corrected chi connectivity index (χ1v) is 8.28. The maximum Gasteiger partial charge on any atom is 0.0666 e. The van der Waals surface area contributed by atoms with Crippen molar-refractivity contribution >= 4 is 23.0 Å². The Hall–Kier alpha value is -2.58. The molecular formula is C21H19ClN2. The predicted molar refractivity (Wildman–Crippen MR) is 103 cm³/mol. The number of hydrogen-bond acceptors (Lipinski definition) is 2. The third-order valence-corrected chi connectivity index (χ3v) is 4.01. The number of nitrogens with zero attached hydrogens (tertiary/aromatic N) is 2. The molecule has 0 unspecified atom stereocenters. The number of para-hydroxylation sites is 1. The Bertz CT molecular complexity index is 796. The van der Waals surface area contributed by atoms with E-state index in [0.29, 0.717) is 0 Å². The minimum absolute atomic E-state index is 0.718. The molecule has 3 aromatic carbocycles. The van der Waals surface area contributed by atoms with Gasteiger partial charge >= 0.3 is 0 Å². The maximum atomic E-state index is 5.98. The molecule has 0 aliphatic heterocycles. The molecule has 0 saturated carbocycles. The zero-order valence-electron chi connectivity index (χ0n) is 13.6. The molecule has 3 heteroatoms. The minimum atomic E-state index is 0.718. The van der Waals surface area contributed by atoms with Gasteiger partial charge in [-0.25, -0.2) is 0 Å². The fourth-order valence-electron chi connectivity index (χ4n) is 2.47. The average molecular weight is 335 g/mol. The number of hydrazone groups is 1. The quantitative estimate of drug-likeness (QED) is 0.427. The number of benzene rings is 3. The Kier molecular flexibility index (Phi) is 5.29. The molecule has 0 N–H and O–H groups in total. The van der Waals surface area contributed by atoms with Gasteiger partial charge in [0.25, 0.3) is 0 Å². The van der Waals surface area contributed by atoms with Crippen molar-refractivity contribution in [3.8, 4) is 0 Å². The van der Waals surface area contributed by atoms with Crippen molar-refractivity contribution in [2.24, 2.45) is 5.10 Å². The summed E-state index contributed by atoms with van der Waals surface area (Å²) < 4.78 is 0. The molecule has 3 aromatic rings. The van der Waals surface area contributed by atoms with E-state index < -0.39 is 0 Å². The average Bonchev–Trinajstić information content (AvgIpc) is 2.63. The third-order valence-electron chi connectivity index (χ3n) is 3.76. The second-order valence-corrected chi connectivity index (χ2v) is 6.01. The summed E-state index contributed by atoms with van der Waals surface area (Å²) >= 11 is 5.98. The molecule has 0 spiro atoms. The van der Waals surface area contributed by atoms with Crippen LogP contribution in [0.5, 0.6) is 0 Å². The molecule has 0 atom stereocenters. The van der Waals surface area contributed by atoms with E-state index in [0.717, 1.165) is 28.5 Å². The second-order valence-electron chi connectivity index (χ2n) is 5.57. The van der Waals surface area contributed by atoms with Crippen LogP contribution in [-0.4, -0.2) is 5.71 Å². The van der Waals surface area contributed by atoms with Crippen molar-refractivity contribution in [1.29, 1.82) is 0 Å². The van der Waals surface area contributed by atoms with Gasteiger partial charge in [-0.05, 0) is 42.3 Å². The van der Waals surface area contributed by atoms with Gasteiger partial charge < -0.3 is 0 Å². The van der Waals surface area contributed by atoms with E-state index in [2.05, 4.69) is 24.3 Å². The summed E-state index contributed by atoms with van der Waals surface area (Å²) in [6.45, 7) is 2.74. The molecule has 2 nitrogen and oxygen atoms in total. The Morgan fingerprint density at radius 2 is 1.42 bits per heavy atom. The Labute approximate surface area is 148 Å². The van der Waals surface area contributed by atoms with Crippen molar-refractivity contribution in [3.63, 3.8) is 0 Å². The highest BCUT2D eigenvalue weighted by Gasteiger charge is 2.07. The second kappa shape index (κ2) is 7.80. The highest BCUT2D eigenvalue weighted by atomic mass is 35.5. The van der Waals surface area contributed by atoms with Crippen molar-refractivity contribution in [1.82, 2.24) is 0 Å². The van der Waals surface area contributed by atoms with Crippen LogP contribution in [0, 0.1) is 0 Å². The highest BCUT2D eigenvalue weighted by Crippen LogP contribution is 2.19. The molecule has 0 aliphatic carbocycles. The number of halogens is 1. The molecule has 24 heavy (non-hydrogen) atoms. The van der Waals surface area contributed by atoms with Gasteiger partial charge in [0.15, 0.2) is 0 Å². The van der Waals surface area contributed by atoms with Gasteiger partial charge in [-0.15, -0.1) is 0 Å². The van der Waals surface area contributed by atoms with Gasteiger partial charge in [0.1, 0.15) is 0 Å². The maximum absolute atomic E-state index is 5.98. The first-order chi connectivity index (χ1) is 11.7. The lowest BCUT2D eigenvalue weighted by molar-refractivity contribution is 0.854. The van der Waals surface area contributed by atoms with Crippen LogP contribution in [0.4, 0.5) is 5.69 Å². The van der Waals surface area contributed by atoms with Gasteiger partial charge in [0.2, 0.25) is 0 Å². The molecule has 0 radical (unpaired) electrons. The van der Waals surface area contributed by atoms with Crippen LogP contribution in [0.2, 0.25) is 5.02 Å². The van der Waals surface area contributed by atoms with Crippen LogP contribution in [0.3, 0.4) is 0 Å². The lowest BCUT2D eigenvalue weighted by Crippen LogP contribution is -2.18. The number of hydrogen-bond donors (Lipinski definition) is 0. The van der Waals surface area contributed by atoms with E-state index >= 15 is 0 Å². The van der Waals surface area contributed by atoms with Crippen LogP contribution < -0.4 is 5.01 Å². The van der Waals surface area contributed by atoms with E-state index in [1.165, 1.54) is 5.56 Å². The fraction of sp³-hybridized carbons (Fsp3) is 0.0952. The zero-order chi connectivity index (χ0) is 16.8. The third kappa shape index (κ3) is 4.24. The Balaban J connectivity index is 1.92. The van der Waals surface area contributed by atoms with Crippen LogP contribution in [0.1, 0.15) is 18.1 Å². The summed E-state index contributed by atoms with van der Waals surface area (Å²) in [5.41, 5.74) is 4.29. The molecule has 0 fully saturated rings.